The molecule has 0 fully saturated rings. The van der Waals surface area contributed by atoms with E-state index in [0.717, 1.165) is 10.6 Å². The summed E-state index contributed by atoms with van der Waals surface area (Å²) in [6.07, 6.45) is 0. The van der Waals surface area contributed by atoms with Crippen molar-refractivity contribution >= 4 is 17.2 Å². The molecule has 4 heteroatoms. The molecular weight excluding hydrogens is 172 g/mol. The van der Waals surface area contributed by atoms with Crippen molar-refractivity contribution in [1.29, 1.82) is 0 Å². The number of aryl methyl sites for hydroxylation is 1. The van der Waals surface area contributed by atoms with E-state index in [9.17, 15) is 0 Å². The van der Waals surface area contributed by atoms with Crippen molar-refractivity contribution < 1.29 is 4.52 Å². The monoisotopic (exact) mass is 180 g/mol. The van der Waals surface area contributed by atoms with Gasteiger partial charge in [-0.2, -0.15) is 0 Å². The highest BCUT2D eigenvalue weighted by Gasteiger charge is 2.05. The molecular formula is C8H8N2OS. The van der Waals surface area contributed by atoms with Crippen molar-refractivity contribution in [2.45, 2.75) is 6.92 Å². The van der Waals surface area contributed by atoms with E-state index in [-0.39, 0.29) is 0 Å². The molecule has 2 aromatic heterocycles. The van der Waals surface area contributed by atoms with E-state index in [1.807, 2.05) is 19.1 Å². The van der Waals surface area contributed by atoms with Crippen LogP contribution in [0.5, 0.6) is 0 Å². The summed E-state index contributed by atoms with van der Waals surface area (Å²) in [4.78, 5) is 2.32. The lowest BCUT2D eigenvalue weighted by Crippen LogP contribution is -1.79. The summed E-state index contributed by atoms with van der Waals surface area (Å²) in [6.45, 7) is 2.05. The molecule has 0 aromatic carbocycles. The van der Waals surface area contributed by atoms with Crippen molar-refractivity contribution in [3.63, 3.8) is 0 Å². The Morgan fingerprint density at radius 2 is 2.33 bits per heavy atom. The first-order chi connectivity index (χ1) is 5.75. The van der Waals surface area contributed by atoms with Crippen LogP contribution >= 0.6 is 11.3 Å². The van der Waals surface area contributed by atoms with Gasteiger partial charge in [0.1, 0.15) is 0 Å². The first kappa shape index (κ1) is 7.36. The van der Waals surface area contributed by atoms with Gasteiger partial charge in [0.05, 0.1) is 4.88 Å². The summed E-state index contributed by atoms with van der Waals surface area (Å²) in [5.41, 5.74) is 5.42. The summed E-state index contributed by atoms with van der Waals surface area (Å²) in [6, 6.07) is 5.77. The topological polar surface area (TPSA) is 52.0 Å². The van der Waals surface area contributed by atoms with Gasteiger partial charge in [-0.15, -0.1) is 11.3 Å². The molecule has 2 heterocycles. The van der Waals surface area contributed by atoms with Gasteiger partial charge in [-0.05, 0) is 19.1 Å². The molecule has 12 heavy (non-hydrogen) atoms. The number of aromatic nitrogens is 1. The minimum absolute atomic E-state index is 0.427. The molecule has 62 valence electrons. The minimum atomic E-state index is 0.427. The van der Waals surface area contributed by atoms with Crippen molar-refractivity contribution in [2.24, 2.45) is 0 Å². The van der Waals surface area contributed by atoms with Gasteiger partial charge in [0.15, 0.2) is 11.6 Å². The first-order valence-corrected chi connectivity index (χ1v) is 4.36. The zero-order valence-corrected chi connectivity index (χ0v) is 7.39. The van der Waals surface area contributed by atoms with Gasteiger partial charge in [-0.1, -0.05) is 5.16 Å². The molecule has 0 aliphatic heterocycles. The van der Waals surface area contributed by atoms with Crippen LogP contribution in [0.3, 0.4) is 0 Å². The highest BCUT2D eigenvalue weighted by Crippen LogP contribution is 2.28. The largest absolute Gasteiger partial charge is 0.381 e. The van der Waals surface area contributed by atoms with E-state index in [0.29, 0.717) is 5.82 Å². The van der Waals surface area contributed by atoms with Crippen LogP contribution in [-0.2, 0) is 0 Å². The van der Waals surface area contributed by atoms with E-state index in [2.05, 4.69) is 5.16 Å². The van der Waals surface area contributed by atoms with Crippen molar-refractivity contribution in [1.82, 2.24) is 5.16 Å². The number of thiophene rings is 1. The molecule has 0 aliphatic rings. The van der Waals surface area contributed by atoms with Gasteiger partial charge in [0.2, 0.25) is 0 Å². The maximum absolute atomic E-state index is 5.42. The second-order valence-electron chi connectivity index (χ2n) is 2.53. The highest BCUT2D eigenvalue weighted by atomic mass is 32.1. The van der Waals surface area contributed by atoms with Crippen LogP contribution in [0.1, 0.15) is 4.88 Å². The minimum Gasteiger partial charge on any atom is -0.381 e. The summed E-state index contributed by atoms with van der Waals surface area (Å²) in [5, 5.41) is 3.61. The number of hydrogen-bond acceptors (Lipinski definition) is 4. The Hall–Kier alpha value is -1.29. The quantitative estimate of drug-likeness (QED) is 0.732. The number of nitrogens with zero attached hydrogens (tertiary/aromatic N) is 1. The van der Waals surface area contributed by atoms with E-state index in [4.69, 9.17) is 10.3 Å². The van der Waals surface area contributed by atoms with Crippen LogP contribution in [0.2, 0.25) is 0 Å². The van der Waals surface area contributed by atoms with Crippen LogP contribution in [0.15, 0.2) is 22.7 Å². The Morgan fingerprint density at radius 1 is 1.50 bits per heavy atom. The Balaban J connectivity index is 2.43. The third-order valence-electron chi connectivity index (χ3n) is 1.51. The Bertz CT molecular complexity index is 353. The maximum atomic E-state index is 5.42. The molecule has 0 saturated heterocycles. The standard InChI is InChI=1S/C8H8N2OS/c1-5-2-3-7(12-5)6-4-8(9)10-11-6/h2-4H,1H3,(H2,9,10). The molecule has 2 aromatic rings. The van der Waals surface area contributed by atoms with Gasteiger partial charge in [-0.3, -0.25) is 0 Å². The third-order valence-corrected chi connectivity index (χ3v) is 2.53. The maximum Gasteiger partial charge on any atom is 0.179 e. The lowest BCUT2D eigenvalue weighted by molar-refractivity contribution is 0.436. The molecule has 0 unspecified atom stereocenters. The molecule has 2 N–H and O–H groups in total. The molecule has 0 amide bonds. The Kier molecular flexibility index (Phi) is 1.62. The lowest BCUT2D eigenvalue weighted by atomic mass is 10.3. The average Bonchev–Trinajstić information content (AvgIpc) is 2.58. The van der Waals surface area contributed by atoms with E-state index in [1.54, 1.807) is 17.4 Å². The summed E-state index contributed by atoms with van der Waals surface area (Å²) in [7, 11) is 0. The van der Waals surface area contributed by atoms with Gasteiger partial charge in [-0.25, -0.2) is 0 Å². The lowest BCUT2D eigenvalue weighted by Gasteiger charge is -1.83. The predicted molar refractivity (Wildman–Crippen MR) is 49.0 cm³/mol. The second-order valence-corrected chi connectivity index (χ2v) is 3.81. The highest BCUT2D eigenvalue weighted by molar-refractivity contribution is 7.15. The Morgan fingerprint density at radius 3 is 2.83 bits per heavy atom. The smallest absolute Gasteiger partial charge is 0.179 e. The van der Waals surface area contributed by atoms with Gasteiger partial charge in [0.25, 0.3) is 0 Å². The molecule has 0 spiro atoms. The molecule has 0 saturated carbocycles. The fourth-order valence-electron chi connectivity index (χ4n) is 0.972. The molecule has 2 rings (SSSR count). The fourth-order valence-corrected chi connectivity index (χ4v) is 1.79. The molecule has 3 nitrogen and oxygen atoms in total. The molecule has 0 aliphatic carbocycles. The van der Waals surface area contributed by atoms with Crippen LogP contribution in [-0.4, -0.2) is 5.16 Å². The number of nitrogen functional groups attached to an aromatic ring is 1. The zero-order valence-electron chi connectivity index (χ0n) is 6.57. The van der Waals surface area contributed by atoms with Gasteiger partial charge in [0, 0.05) is 10.9 Å². The number of hydrogen-bond donors (Lipinski definition) is 1. The van der Waals surface area contributed by atoms with Crippen LogP contribution < -0.4 is 5.73 Å². The SMILES string of the molecule is Cc1ccc(-c2cc(N)no2)s1. The first-order valence-electron chi connectivity index (χ1n) is 3.55. The molecule has 0 bridgehead atoms. The second kappa shape index (κ2) is 2.64. The van der Waals surface area contributed by atoms with E-state index in [1.165, 1.54) is 4.88 Å². The van der Waals surface area contributed by atoms with Crippen LogP contribution in [0.25, 0.3) is 10.6 Å². The predicted octanol–water partition coefficient (Wildman–Crippen LogP) is 2.29. The molecule has 0 radical (unpaired) electrons. The Labute approximate surface area is 73.8 Å². The summed E-state index contributed by atoms with van der Waals surface area (Å²) < 4.78 is 5.00. The van der Waals surface area contributed by atoms with Crippen molar-refractivity contribution in [3.05, 3.63) is 23.1 Å². The number of nitrogens with two attached hydrogens (primary N) is 1. The van der Waals surface area contributed by atoms with Crippen molar-refractivity contribution in [3.8, 4) is 10.6 Å². The number of anilines is 1. The number of rotatable bonds is 1. The van der Waals surface area contributed by atoms with E-state index >= 15 is 0 Å². The van der Waals surface area contributed by atoms with Crippen LogP contribution in [0.4, 0.5) is 5.82 Å². The van der Waals surface area contributed by atoms with Gasteiger partial charge >= 0.3 is 0 Å². The van der Waals surface area contributed by atoms with Crippen molar-refractivity contribution in [2.75, 3.05) is 5.73 Å². The summed E-state index contributed by atoms with van der Waals surface area (Å²) in [5.74, 6) is 1.17. The molecule has 0 atom stereocenters. The van der Waals surface area contributed by atoms with Gasteiger partial charge < -0.3 is 10.3 Å². The third kappa shape index (κ3) is 1.21. The normalized spacial score (nSPS) is 10.4. The van der Waals surface area contributed by atoms with E-state index < -0.39 is 0 Å². The van der Waals surface area contributed by atoms with Crippen LogP contribution in [0, 0.1) is 6.92 Å². The summed E-state index contributed by atoms with van der Waals surface area (Å²) >= 11 is 1.66. The zero-order chi connectivity index (χ0) is 8.55. The fraction of sp³-hybridized carbons (Fsp3) is 0.125. The average molecular weight is 180 g/mol.